The second-order valence-corrected chi connectivity index (χ2v) is 3.54. The lowest BCUT2D eigenvalue weighted by molar-refractivity contribution is 0.00538. The topological polar surface area (TPSA) is 27.7 Å². The normalized spacial score (nSPS) is 18.9. The zero-order valence-corrected chi connectivity index (χ0v) is 8.78. The third-order valence-electron chi connectivity index (χ3n) is 2.27. The number of benzene rings is 1. The molecule has 1 aliphatic rings. The summed E-state index contributed by atoms with van der Waals surface area (Å²) in [7, 11) is 0. The van der Waals surface area contributed by atoms with Crippen LogP contribution in [0.2, 0.25) is 0 Å². The molecule has 3 heteroatoms. The summed E-state index contributed by atoms with van der Waals surface area (Å²) in [5.74, 6) is 0. The molecule has 0 aromatic heterocycles. The first-order valence-corrected chi connectivity index (χ1v) is 5.26. The molecule has 2 rings (SSSR count). The summed E-state index contributed by atoms with van der Waals surface area (Å²) < 4.78 is 16.3. The van der Waals surface area contributed by atoms with Crippen LogP contribution in [0.3, 0.4) is 0 Å². The van der Waals surface area contributed by atoms with Crippen molar-refractivity contribution in [2.75, 3.05) is 26.4 Å². The van der Waals surface area contributed by atoms with E-state index in [1.165, 1.54) is 11.1 Å². The average molecular weight is 208 g/mol. The van der Waals surface area contributed by atoms with Crippen LogP contribution in [0.1, 0.15) is 11.1 Å². The van der Waals surface area contributed by atoms with E-state index in [0.717, 1.165) is 0 Å². The minimum atomic E-state index is 0.642. The minimum Gasteiger partial charge on any atom is -0.377 e. The average Bonchev–Trinajstić information content (AvgIpc) is 2.26. The van der Waals surface area contributed by atoms with Gasteiger partial charge >= 0.3 is 0 Å². The Morgan fingerprint density at radius 1 is 0.733 bits per heavy atom. The Bertz CT molecular complexity index is 273. The summed E-state index contributed by atoms with van der Waals surface area (Å²) in [6.07, 6.45) is 0. The molecule has 3 nitrogen and oxygen atoms in total. The van der Waals surface area contributed by atoms with Crippen molar-refractivity contribution >= 4 is 0 Å². The summed E-state index contributed by atoms with van der Waals surface area (Å²) >= 11 is 0. The summed E-state index contributed by atoms with van der Waals surface area (Å²) in [5, 5.41) is 0. The van der Waals surface area contributed by atoms with Crippen molar-refractivity contribution in [3.8, 4) is 0 Å². The van der Waals surface area contributed by atoms with Crippen LogP contribution < -0.4 is 0 Å². The Balaban J connectivity index is 2.00. The van der Waals surface area contributed by atoms with Gasteiger partial charge in [0.05, 0.1) is 39.6 Å². The van der Waals surface area contributed by atoms with Crippen molar-refractivity contribution in [1.82, 2.24) is 0 Å². The van der Waals surface area contributed by atoms with Crippen LogP contribution in [-0.2, 0) is 27.4 Å². The van der Waals surface area contributed by atoms with Crippen molar-refractivity contribution in [2.45, 2.75) is 13.2 Å². The van der Waals surface area contributed by atoms with E-state index in [1.54, 1.807) is 0 Å². The Morgan fingerprint density at radius 2 is 1.27 bits per heavy atom. The van der Waals surface area contributed by atoms with Crippen molar-refractivity contribution in [2.24, 2.45) is 0 Å². The number of ether oxygens (including phenoxy) is 3. The van der Waals surface area contributed by atoms with Gasteiger partial charge in [0, 0.05) is 0 Å². The number of hydrogen-bond donors (Lipinski definition) is 0. The Labute approximate surface area is 90.0 Å². The van der Waals surface area contributed by atoms with Gasteiger partial charge in [-0.25, -0.2) is 0 Å². The molecular weight excluding hydrogens is 192 g/mol. The van der Waals surface area contributed by atoms with Gasteiger partial charge in [-0.15, -0.1) is 0 Å². The Hall–Kier alpha value is -0.900. The molecule has 1 heterocycles. The summed E-state index contributed by atoms with van der Waals surface area (Å²) in [6, 6.07) is 8.30. The summed E-state index contributed by atoms with van der Waals surface area (Å²) in [6.45, 7) is 3.87. The van der Waals surface area contributed by atoms with Crippen molar-refractivity contribution < 1.29 is 14.2 Å². The molecule has 1 aliphatic heterocycles. The first kappa shape index (κ1) is 10.6. The standard InChI is InChI=1S/C12H16O3/c1-2-11-8-12(3-1)10-15-7-5-13-4-6-14-9-11/h1-3,8H,4-7,9-10H2. The quantitative estimate of drug-likeness (QED) is 0.650. The molecule has 0 saturated heterocycles. The van der Waals surface area contributed by atoms with Crippen LogP contribution in [0.5, 0.6) is 0 Å². The molecule has 0 unspecified atom stereocenters. The van der Waals surface area contributed by atoms with Gasteiger partial charge in [0.15, 0.2) is 0 Å². The van der Waals surface area contributed by atoms with Gasteiger partial charge < -0.3 is 14.2 Å². The molecular formula is C12H16O3. The highest BCUT2D eigenvalue weighted by Crippen LogP contribution is 2.08. The highest BCUT2D eigenvalue weighted by atomic mass is 16.5. The van der Waals surface area contributed by atoms with E-state index in [1.807, 2.05) is 6.07 Å². The summed E-state index contributed by atoms with van der Waals surface area (Å²) in [5.41, 5.74) is 2.38. The molecule has 0 spiro atoms. The molecule has 0 radical (unpaired) electrons. The number of rotatable bonds is 0. The zero-order valence-electron chi connectivity index (χ0n) is 8.78. The van der Waals surface area contributed by atoms with Crippen molar-refractivity contribution in [3.63, 3.8) is 0 Å². The van der Waals surface area contributed by atoms with Gasteiger partial charge in [0.2, 0.25) is 0 Å². The third kappa shape index (κ3) is 3.63. The SMILES string of the molecule is c1cc2cc(c1)COCCOCCOC2. The molecule has 0 saturated carbocycles. The second kappa shape index (κ2) is 5.85. The fourth-order valence-corrected chi connectivity index (χ4v) is 1.53. The lowest BCUT2D eigenvalue weighted by Gasteiger charge is -2.10. The lowest BCUT2D eigenvalue weighted by atomic mass is 10.1. The molecule has 0 amide bonds. The monoisotopic (exact) mass is 208 g/mol. The van der Waals surface area contributed by atoms with Gasteiger partial charge in [-0.2, -0.15) is 0 Å². The third-order valence-corrected chi connectivity index (χ3v) is 2.27. The number of hydrogen-bond acceptors (Lipinski definition) is 3. The van der Waals surface area contributed by atoms with E-state index in [4.69, 9.17) is 14.2 Å². The molecule has 82 valence electrons. The molecule has 0 atom stereocenters. The Kier molecular flexibility index (Phi) is 4.14. The van der Waals surface area contributed by atoms with Crippen LogP contribution in [-0.4, -0.2) is 26.4 Å². The lowest BCUT2D eigenvalue weighted by Crippen LogP contribution is -2.10. The van der Waals surface area contributed by atoms with Gasteiger partial charge in [0.1, 0.15) is 0 Å². The van der Waals surface area contributed by atoms with Crippen LogP contribution in [0.25, 0.3) is 0 Å². The fraction of sp³-hybridized carbons (Fsp3) is 0.500. The zero-order chi connectivity index (χ0) is 10.3. The number of fused-ring (bicyclic) bond motifs is 2. The van der Waals surface area contributed by atoms with Crippen LogP contribution >= 0.6 is 0 Å². The van der Waals surface area contributed by atoms with Gasteiger partial charge in [-0.05, 0) is 11.1 Å². The molecule has 0 aliphatic carbocycles. The van der Waals surface area contributed by atoms with E-state index in [-0.39, 0.29) is 0 Å². The highest BCUT2D eigenvalue weighted by molar-refractivity contribution is 5.22. The van der Waals surface area contributed by atoms with Crippen molar-refractivity contribution in [1.29, 1.82) is 0 Å². The molecule has 2 bridgehead atoms. The van der Waals surface area contributed by atoms with Crippen LogP contribution in [0, 0.1) is 0 Å². The van der Waals surface area contributed by atoms with E-state index < -0.39 is 0 Å². The van der Waals surface area contributed by atoms with Gasteiger partial charge in [-0.1, -0.05) is 24.3 Å². The van der Waals surface area contributed by atoms with E-state index in [9.17, 15) is 0 Å². The molecule has 1 aromatic carbocycles. The van der Waals surface area contributed by atoms with Crippen LogP contribution in [0.15, 0.2) is 24.3 Å². The summed E-state index contributed by atoms with van der Waals surface area (Å²) in [4.78, 5) is 0. The first-order chi connectivity index (χ1) is 7.45. The molecule has 15 heavy (non-hydrogen) atoms. The minimum absolute atomic E-state index is 0.642. The maximum absolute atomic E-state index is 5.48. The highest BCUT2D eigenvalue weighted by Gasteiger charge is 1.99. The van der Waals surface area contributed by atoms with E-state index in [0.29, 0.717) is 39.6 Å². The largest absolute Gasteiger partial charge is 0.377 e. The first-order valence-electron chi connectivity index (χ1n) is 5.26. The second-order valence-electron chi connectivity index (χ2n) is 3.54. The predicted octanol–water partition coefficient (Wildman–Crippen LogP) is 1.75. The van der Waals surface area contributed by atoms with Gasteiger partial charge in [0.25, 0.3) is 0 Å². The van der Waals surface area contributed by atoms with E-state index in [2.05, 4.69) is 18.2 Å². The predicted molar refractivity (Wildman–Crippen MR) is 56.6 cm³/mol. The fourth-order valence-electron chi connectivity index (χ4n) is 1.53. The molecule has 0 N–H and O–H groups in total. The smallest absolute Gasteiger partial charge is 0.0718 e. The van der Waals surface area contributed by atoms with Crippen molar-refractivity contribution in [3.05, 3.63) is 35.4 Å². The van der Waals surface area contributed by atoms with E-state index >= 15 is 0 Å². The molecule has 0 fully saturated rings. The van der Waals surface area contributed by atoms with Gasteiger partial charge in [-0.3, -0.25) is 0 Å². The maximum Gasteiger partial charge on any atom is 0.0718 e. The molecule has 1 aromatic rings. The maximum atomic E-state index is 5.48. The van der Waals surface area contributed by atoms with Crippen LogP contribution in [0.4, 0.5) is 0 Å². The Morgan fingerprint density at radius 3 is 1.87 bits per heavy atom.